The molecule has 0 aromatic heterocycles. The van der Waals surface area contributed by atoms with E-state index in [1.54, 1.807) is 29.2 Å². The number of nitriles is 1. The number of piperazine rings is 1. The van der Waals surface area contributed by atoms with Gasteiger partial charge in [-0.2, -0.15) is 5.26 Å². The quantitative estimate of drug-likeness (QED) is 0.834. The Balaban J connectivity index is 1.39. The lowest BCUT2D eigenvalue weighted by atomic mass is 10.2. The molecule has 7 heteroatoms. The number of hydrogen-bond acceptors (Lipinski definition) is 4. The van der Waals surface area contributed by atoms with Crippen molar-refractivity contribution < 1.29 is 9.59 Å². The third-order valence-corrected chi connectivity index (χ3v) is 4.62. The van der Waals surface area contributed by atoms with E-state index < -0.39 is 0 Å². The second kappa shape index (κ2) is 9.53. The highest BCUT2D eigenvalue weighted by Crippen LogP contribution is 2.11. The van der Waals surface area contributed by atoms with Crippen LogP contribution in [0.25, 0.3) is 0 Å². The first-order valence-corrected chi connectivity index (χ1v) is 9.23. The molecule has 2 aromatic rings. The molecular weight excluding hydrogens is 354 g/mol. The molecule has 2 aromatic carbocycles. The van der Waals surface area contributed by atoms with Gasteiger partial charge in [0.15, 0.2) is 0 Å². The maximum Gasteiger partial charge on any atom is 0.321 e. The number of amides is 3. The summed E-state index contributed by atoms with van der Waals surface area (Å²) in [6.45, 7) is 3.28. The average Bonchev–Trinajstić information content (AvgIpc) is 2.74. The fraction of sp³-hybridized carbons (Fsp3) is 0.286. The Bertz CT molecular complexity index is 837. The molecular formula is C21H23N5O2. The third kappa shape index (κ3) is 5.56. The number of benzene rings is 2. The zero-order chi connectivity index (χ0) is 19.8. The van der Waals surface area contributed by atoms with Gasteiger partial charge >= 0.3 is 6.03 Å². The second-order valence-electron chi connectivity index (χ2n) is 6.64. The maximum atomic E-state index is 12.4. The summed E-state index contributed by atoms with van der Waals surface area (Å²) in [4.78, 5) is 28.3. The zero-order valence-electron chi connectivity index (χ0n) is 15.6. The smallest absolute Gasteiger partial charge is 0.321 e. The van der Waals surface area contributed by atoms with Crippen molar-refractivity contribution in [2.75, 3.05) is 38.0 Å². The first-order chi connectivity index (χ1) is 13.6. The molecule has 3 amide bonds. The van der Waals surface area contributed by atoms with Crippen molar-refractivity contribution >= 4 is 17.6 Å². The Hall–Kier alpha value is -3.37. The molecule has 0 saturated carbocycles. The van der Waals surface area contributed by atoms with Crippen molar-refractivity contribution in [3.05, 3.63) is 65.7 Å². The monoisotopic (exact) mass is 377 g/mol. The lowest BCUT2D eigenvalue weighted by molar-refractivity contribution is -0.122. The van der Waals surface area contributed by atoms with E-state index in [-0.39, 0.29) is 11.9 Å². The molecule has 0 bridgehead atoms. The fourth-order valence-electron chi connectivity index (χ4n) is 3.00. The predicted octanol–water partition coefficient (Wildman–Crippen LogP) is 2.02. The zero-order valence-corrected chi connectivity index (χ0v) is 15.6. The van der Waals surface area contributed by atoms with Gasteiger partial charge in [0.2, 0.25) is 5.91 Å². The van der Waals surface area contributed by atoms with Crippen LogP contribution < -0.4 is 10.6 Å². The van der Waals surface area contributed by atoms with Crippen LogP contribution in [0.3, 0.4) is 0 Å². The van der Waals surface area contributed by atoms with Gasteiger partial charge in [0.25, 0.3) is 0 Å². The molecule has 3 rings (SSSR count). The minimum atomic E-state index is -0.169. The highest BCUT2D eigenvalue weighted by atomic mass is 16.2. The molecule has 2 N–H and O–H groups in total. The molecule has 0 atom stereocenters. The minimum Gasteiger partial charge on any atom is -0.351 e. The summed E-state index contributed by atoms with van der Waals surface area (Å²) < 4.78 is 0. The first kappa shape index (κ1) is 19.4. The summed E-state index contributed by atoms with van der Waals surface area (Å²) in [5.74, 6) is -0.0145. The van der Waals surface area contributed by atoms with Gasteiger partial charge in [0, 0.05) is 38.4 Å². The van der Waals surface area contributed by atoms with Crippen LogP contribution in [0.5, 0.6) is 0 Å². The summed E-state index contributed by atoms with van der Waals surface area (Å²) >= 11 is 0. The number of nitrogens with one attached hydrogen (secondary N) is 2. The Morgan fingerprint density at radius 3 is 2.29 bits per heavy atom. The summed E-state index contributed by atoms with van der Waals surface area (Å²) in [5.41, 5.74) is 2.28. The van der Waals surface area contributed by atoms with Crippen molar-refractivity contribution in [1.29, 1.82) is 5.26 Å². The standard InChI is InChI=1S/C21H23N5O2/c22-14-17-6-8-19(9-7-17)24-21(28)26-12-10-25(11-13-26)16-20(27)23-15-18-4-2-1-3-5-18/h1-9H,10-13,15-16H2,(H,23,27)(H,24,28). The Morgan fingerprint density at radius 2 is 1.64 bits per heavy atom. The van der Waals surface area contributed by atoms with Gasteiger partial charge in [-0.05, 0) is 29.8 Å². The van der Waals surface area contributed by atoms with E-state index in [9.17, 15) is 9.59 Å². The first-order valence-electron chi connectivity index (χ1n) is 9.23. The van der Waals surface area contributed by atoms with E-state index in [1.807, 2.05) is 41.3 Å². The van der Waals surface area contributed by atoms with Gasteiger partial charge in [-0.1, -0.05) is 30.3 Å². The molecule has 0 spiro atoms. The van der Waals surface area contributed by atoms with Crippen LogP contribution in [0.4, 0.5) is 10.5 Å². The number of carbonyl (C=O) groups is 2. The maximum absolute atomic E-state index is 12.4. The molecule has 28 heavy (non-hydrogen) atoms. The topological polar surface area (TPSA) is 88.5 Å². The third-order valence-electron chi connectivity index (χ3n) is 4.62. The lowest BCUT2D eigenvalue weighted by Crippen LogP contribution is -2.52. The Labute approximate surface area is 164 Å². The van der Waals surface area contributed by atoms with Crippen LogP contribution in [0.1, 0.15) is 11.1 Å². The van der Waals surface area contributed by atoms with Crippen LogP contribution in [-0.4, -0.2) is 54.5 Å². The van der Waals surface area contributed by atoms with Gasteiger partial charge in [0.05, 0.1) is 18.2 Å². The van der Waals surface area contributed by atoms with Crippen LogP contribution >= 0.6 is 0 Å². The van der Waals surface area contributed by atoms with E-state index >= 15 is 0 Å². The number of nitrogens with zero attached hydrogens (tertiary/aromatic N) is 3. The molecule has 0 radical (unpaired) electrons. The van der Waals surface area contributed by atoms with Crippen LogP contribution in [0, 0.1) is 11.3 Å². The highest BCUT2D eigenvalue weighted by Gasteiger charge is 2.22. The van der Waals surface area contributed by atoms with Crippen molar-refractivity contribution in [3.8, 4) is 6.07 Å². The number of carbonyl (C=O) groups excluding carboxylic acids is 2. The van der Waals surface area contributed by atoms with E-state index in [2.05, 4.69) is 10.6 Å². The van der Waals surface area contributed by atoms with Gasteiger partial charge in [-0.3, -0.25) is 9.69 Å². The number of rotatable bonds is 5. The molecule has 1 heterocycles. The number of anilines is 1. The van der Waals surface area contributed by atoms with Crippen molar-refractivity contribution in [1.82, 2.24) is 15.1 Å². The second-order valence-corrected chi connectivity index (χ2v) is 6.64. The highest BCUT2D eigenvalue weighted by molar-refractivity contribution is 5.89. The summed E-state index contributed by atoms with van der Waals surface area (Å²) in [6, 6.07) is 18.4. The summed E-state index contributed by atoms with van der Waals surface area (Å²) in [7, 11) is 0. The van der Waals surface area contributed by atoms with Crippen molar-refractivity contribution in [2.24, 2.45) is 0 Å². The molecule has 0 aliphatic carbocycles. The molecule has 1 fully saturated rings. The fourth-order valence-corrected chi connectivity index (χ4v) is 3.00. The predicted molar refractivity (Wildman–Crippen MR) is 106 cm³/mol. The van der Waals surface area contributed by atoms with Gasteiger partial charge in [-0.15, -0.1) is 0 Å². The van der Waals surface area contributed by atoms with E-state index in [0.29, 0.717) is 50.5 Å². The number of hydrogen-bond donors (Lipinski definition) is 2. The van der Waals surface area contributed by atoms with Gasteiger partial charge < -0.3 is 15.5 Å². The minimum absolute atomic E-state index is 0.0145. The lowest BCUT2D eigenvalue weighted by Gasteiger charge is -2.34. The summed E-state index contributed by atoms with van der Waals surface area (Å²) in [5, 5.41) is 14.6. The molecule has 1 aliphatic rings. The van der Waals surface area contributed by atoms with Crippen LogP contribution in [-0.2, 0) is 11.3 Å². The SMILES string of the molecule is N#Cc1ccc(NC(=O)N2CCN(CC(=O)NCc3ccccc3)CC2)cc1. The van der Waals surface area contributed by atoms with Gasteiger partial charge in [0.1, 0.15) is 0 Å². The Morgan fingerprint density at radius 1 is 0.964 bits per heavy atom. The van der Waals surface area contributed by atoms with Crippen molar-refractivity contribution in [3.63, 3.8) is 0 Å². The van der Waals surface area contributed by atoms with E-state index in [1.165, 1.54) is 0 Å². The molecule has 1 aliphatic heterocycles. The Kier molecular flexibility index (Phi) is 6.60. The largest absolute Gasteiger partial charge is 0.351 e. The van der Waals surface area contributed by atoms with Gasteiger partial charge in [-0.25, -0.2) is 4.79 Å². The molecule has 7 nitrogen and oxygen atoms in total. The van der Waals surface area contributed by atoms with Crippen molar-refractivity contribution in [2.45, 2.75) is 6.54 Å². The van der Waals surface area contributed by atoms with E-state index in [0.717, 1.165) is 5.56 Å². The van der Waals surface area contributed by atoms with Crippen LogP contribution in [0.2, 0.25) is 0 Å². The average molecular weight is 377 g/mol. The van der Waals surface area contributed by atoms with E-state index in [4.69, 9.17) is 5.26 Å². The molecule has 1 saturated heterocycles. The molecule has 144 valence electrons. The normalized spacial score (nSPS) is 14.2. The summed E-state index contributed by atoms with van der Waals surface area (Å²) in [6.07, 6.45) is 0. The number of urea groups is 1. The molecule has 0 unspecified atom stereocenters. The van der Waals surface area contributed by atoms with Crippen LogP contribution in [0.15, 0.2) is 54.6 Å².